The number of nitrogens with one attached hydrogen (secondary N) is 1. The molecule has 0 aliphatic carbocycles. The fourth-order valence-electron chi connectivity index (χ4n) is 4.05. The largest absolute Gasteiger partial charge is 0.494 e. The molecule has 3 aromatic rings. The number of hydrogen-bond acceptors (Lipinski definition) is 6. The van der Waals surface area contributed by atoms with Crippen molar-refractivity contribution < 1.29 is 14.3 Å². The van der Waals surface area contributed by atoms with Crippen molar-refractivity contribution in [1.29, 1.82) is 0 Å². The number of carbonyl (C=O) groups is 1. The van der Waals surface area contributed by atoms with Crippen LogP contribution in [-0.2, 0) is 24.3 Å². The fraction of sp³-hybridized carbons (Fsp3) is 0.400. The quantitative estimate of drug-likeness (QED) is 0.541. The Morgan fingerprint density at radius 2 is 1.82 bits per heavy atom. The van der Waals surface area contributed by atoms with Crippen molar-refractivity contribution in [3.63, 3.8) is 0 Å². The van der Waals surface area contributed by atoms with Crippen LogP contribution in [0.3, 0.4) is 0 Å². The molecule has 1 aliphatic rings. The van der Waals surface area contributed by atoms with Gasteiger partial charge in [-0.3, -0.25) is 9.69 Å². The SMILES string of the molecule is CCOc1ccccc1CN1CCc2nnc(C(C)NC(=O)COc3ccccc3)n2CC1. The van der Waals surface area contributed by atoms with Crippen molar-refractivity contribution in [2.45, 2.75) is 39.4 Å². The molecule has 1 aromatic heterocycles. The first-order valence-corrected chi connectivity index (χ1v) is 11.5. The molecule has 33 heavy (non-hydrogen) atoms. The predicted octanol–water partition coefficient (Wildman–Crippen LogP) is 2.99. The number of carbonyl (C=O) groups excluding carboxylic acids is 1. The summed E-state index contributed by atoms with van der Waals surface area (Å²) in [5.41, 5.74) is 1.19. The molecule has 1 amide bonds. The molecule has 0 saturated heterocycles. The molecule has 0 bridgehead atoms. The number of nitrogens with zero attached hydrogens (tertiary/aromatic N) is 4. The second-order valence-corrected chi connectivity index (χ2v) is 8.08. The van der Waals surface area contributed by atoms with E-state index in [0.29, 0.717) is 12.4 Å². The van der Waals surface area contributed by atoms with Gasteiger partial charge in [-0.15, -0.1) is 10.2 Å². The minimum absolute atomic E-state index is 0.0393. The number of fused-ring (bicyclic) bond motifs is 1. The molecule has 1 N–H and O–H groups in total. The van der Waals surface area contributed by atoms with E-state index in [1.807, 2.05) is 56.3 Å². The van der Waals surface area contributed by atoms with E-state index < -0.39 is 0 Å². The Balaban J connectivity index is 1.34. The van der Waals surface area contributed by atoms with Crippen LogP contribution >= 0.6 is 0 Å². The van der Waals surface area contributed by atoms with Gasteiger partial charge in [-0.25, -0.2) is 0 Å². The van der Waals surface area contributed by atoms with Gasteiger partial charge in [0.05, 0.1) is 12.6 Å². The highest BCUT2D eigenvalue weighted by molar-refractivity contribution is 5.77. The van der Waals surface area contributed by atoms with Crippen LogP contribution in [0.15, 0.2) is 54.6 Å². The second-order valence-electron chi connectivity index (χ2n) is 8.08. The van der Waals surface area contributed by atoms with E-state index in [0.717, 1.165) is 50.0 Å². The minimum atomic E-state index is -0.261. The van der Waals surface area contributed by atoms with Gasteiger partial charge in [0.15, 0.2) is 12.4 Å². The summed E-state index contributed by atoms with van der Waals surface area (Å²) in [4.78, 5) is 14.8. The van der Waals surface area contributed by atoms with E-state index in [1.54, 1.807) is 0 Å². The normalized spacial score (nSPS) is 14.7. The number of rotatable bonds is 9. The van der Waals surface area contributed by atoms with Crippen molar-refractivity contribution in [3.8, 4) is 11.5 Å². The number of hydrogen-bond donors (Lipinski definition) is 1. The molecule has 8 nitrogen and oxygen atoms in total. The molecule has 1 unspecified atom stereocenters. The highest BCUT2D eigenvalue weighted by Gasteiger charge is 2.23. The number of benzene rings is 2. The van der Waals surface area contributed by atoms with Crippen LogP contribution in [0.1, 0.15) is 37.1 Å². The first kappa shape index (κ1) is 22.8. The Morgan fingerprint density at radius 1 is 1.03 bits per heavy atom. The van der Waals surface area contributed by atoms with E-state index in [4.69, 9.17) is 9.47 Å². The third-order valence-electron chi connectivity index (χ3n) is 5.69. The summed E-state index contributed by atoms with van der Waals surface area (Å²) in [7, 11) is 0. The molecule has 1 aliphatic heterocycles. The van der Waals surface area contributed by atoms with E-state index in [2.05, 4.69) is 37.1 Å². The van der Waals surface area contributed by atoms with Crippen molar-refractivity contribution in [3.05, 3.63) is 71.8 Å². The standard InChI is InChI=1S/C25H31N5O3/c1-3-32-22-12-8-7-9-20(22)17-29-14-13-23-27-28-25(30(23)16-15-29)19(2)26-24(31)18-33-21-10-5-4-6-11-21/h4-12,19H,3,13-18H2,1-2H3,(H,26,31). The summed E-state index contributed by atoms with van der Waals surface area (Å²) < 4.78 is 13.5. The van der Waals surface area contributed by atoms with Gasteiger partial charge in [-0.1, -0.05) is 36.4 Å². The van der Waals surface area contributed by atoms with Gasteiger partial charge in [-0.2, -0.15) is 0 Å². The topological polar surface area (TPSA) is 81.5 Å². The summed E-state index contributed by atoms with van der Waals surface area (Å²) in [5, 5.41) is 11.8. The van der Waals surface area contributed by atoms with Crippen LogP contribution in [0.2, 0.25) is 0 Å². The number of aromatic nitrogens is 3. The third-order valence-corrected chi connectivity index (χ3v) is 5.69. The molecule has 0 saturated carbocycles. The Kier molecular flexibility index (Phi) is 7.57. The van der Waals surface area contributed by atoms with Crippen LogP contribution in [0.25, 0.3) is 0 Å². The summed E-state index contributed by atoms with van der Waals surface area (Å²) in [5.74, 6) is 3.15. The smallest absolute Gasteiger partial charge is 0.258 e. The summed E-state index contributed by atoms with van der Waals surface area (Å²) in [6, 6.07) is 17.3. The lowest BCUT2D eigenvalue weighted by molar-refractivity contribution is -0.123. The van der Waals surface area contributed by atoms with Gasteiger partial charge < -0.3 is 19.4 Å². The number of amides is 1. The van der Waals surface area contributed by atoms with Crippen molar-refractivity contribution in [2.75, 3.05) is 26.3 Å². The van der Waals surface area contributed by atoms with Gasteiger partial charge in [-0.05, 0) is 32.0 Å². The summed E-state index contributed by atoms with van der Waals surface area (Å²) >= 11 is 0. The lowest BCUT2D eigenvalue weighted by atomic mass is 10.2. The van der Waals surface area contributed by atoms with Crippen molar-refractivity contribution >= 4 is 5.91 Å². The molecule has 0 spiro atoms. The monoisotopic (exact) mass is 449 g/mol. The zero-order valence-electron chi connectivity index (χ0n) is 19.2. The van der Waals surface area contributed by atoms with E-state index in [-0.39, 0.29) is 18.6 Å². The van der Waals surface area contributed by atoms with E-state index in [9.17, 15) is 4.79 Å². The predicted molar refractivity (Wildman–Crippen MR) is 125 cm³/mol. The first-order chi connectivity index (χ1) is 16.1. The molecule has 1 atom stereocenters. The first-order valence-electron chi connectivity index (χ1n) is 11.5. The van der Waals surface area contributed by atoms with Crippen LogP contribution in [0, 0.1) is 0 Å². The molecule has 8 heteroatoms. The van der Waals surface area contributed by atoms with Crippen LogP contribution in [0.5, 0.6) is 11.5 Å². The Bertz CT molecular complexity index is 1050. The van der Waals surface area contributed by atoms with E-state index in [1.165, 1.54) is 5.56 Å². The molecule has 0 radical (unpaired) electrons. The van der Waals surface area contributed by atoms with Crippen molar-refractivity contribution in [1.82, 2.24) is 25.0 Å². The van der Waals surface area contributed by atoms with Crippen LogP contribution in [0.4, 0.5) is 0 Å². The second kappa shape index (κ2) is 11.0. The lowest BCUT2D eigenvalue weighted by Gasteiger charge is -2.21. The van der Waals surface area contributed by atoms with Gasteiger partial charge >= 0.3 is 0 Å². The average Bonchev–Trinajstić information content (AvgIpc) is 3.14. The lowest BCUT2D eigenvalue weighted by Crippen LogP contribution is -2.33. The Morgan fingerprint density at radius 3 is 2.64 bits per heavy atom. The van der Waals surface area contributed by atoms with Gasteiger partial charge in [0.2, 0.25) is 0 Å². The molecule has 2 heterocycles. The maximum Gasteiger partial charge on any atom is 0.258 e. The fourth-order valence-corrected chi connectivity index (χ4v) is 4.05. The molecule has 2 aromatic carbocycles. The number of para-hydroxylation sites is 2. The molecule has 0 fully saturated rings. The zero-order chi connectivity index (χ0) is 23.0. The molecular weight excluding hydrogens is 418 g/mol. The van der Waals surface area contributed by atoms with Crippen LogP contribution in [-0.4, -0.2) is 51.9 Å². The Hall–Kier alpha value is -3.39. The summed E-state index contributed by atoms with van der Waals surface area (Å²) in [6.45, 7) is 7.91. The highest BCUT2D eigenvalue weighted by Crippen LogP contribution is 2.22. The average molecular weight is 450 g/mol. The third kappa shape index (κ3) is 5.90. The molecular formula is C25H31N5O3. The maximum atomic E-state index is 12.4. The van der Waals surface area contributed by atoms with Gasteiger partial charge in [0, 0.05) is 38.2 Å². The summed E-state index contributed by atoms with van der Waals surface area (Å²) in [6.07, 6.45) is 0.807. The Labute approximate surface area is 194 Å². The highest BCUT2D eigenvalue weighted by atomic mass is 16.5. The van der Waals surface area contributed by atoms with E-state index >= 15 is 0 Å². The minimum Gasteiger partial charge on any atom is -0.494 e. The molecule has 174 valence electrons. The zero-order valence-corrected chi connectivity index (χ0v) is 19.2. The van der Waals surface area contributed by atoms with Gasteiger partial charge in [0.1, 0.15) is 17.3 Å². The van der Waals surface area contributed by atoms with Crippen LogP contribution < -0.4 is 14.8 Å². The maximum absolute atomic E-state index is 12.4. The van der Waals surface area contributed by atoms with Crippen molar-refractivity contribution in [2.24, 2.45) is 0 Å². The number of ether oxygens (including phenoxy) is 2. The van der Waals surface area contributed by atoms with Gasteiger partial charge in [0.25, 0.3) is 5.91 Å². The molecule has 4 rings (SSSR count).